The van der Waals surface area contributed by atoms with E-state index in [4.69, 9.17) is 0 Å². The van der Waals surface area contributed by atoms with Gasteiger partial charge in [0.05, 0.1) is 0 Å². The van der Waals surface area contributed by atoms with Gasteiger partial charge in [0.25, 0.3) is 0 Å². The monoisotopic (exact) mass is 598 g/mol. The molecule has 0 amide bonds. The first-order valence-corrected chi connectivity index (χ1v) is 16.1. The highest BCUT2D eigenvalue weighted by atomic mass is 79.9. The van der Waals surface area contributed by atoms with Crippen LogP contribution in [0.1, 0.15) is 81.3 Å². The normalized spacial score (nSPS) is 11.9. The quantitative estimate of drug-likeness (QED) is 0.0994. The molecule has 0 saturated carbocycles. The van der Waals surface area contributed by atoms with Crippen molar-refractivity contribution in [2.75, 3.05) is 5.33 Å². The molecule has 4 rings (SSSR count). The molecule has 0 bridgehead atoms. The zero-order chi connectivity index (χ0) is 28.0. The fraction of sp³-hybridized carbons (Fsp3) is 0.351. The van der Waals surface area contributed by atoms with Crippen LogP contribution in [0.25, 0.3) is 22.3 Å². The average molecular weight is 600 g/mol. The number of alkyl halides is 1. The molecule has 0 aromatic heterocycles. The van der Waals surface area contributed by atoms with Gasteiger partial charge in [0.2, 0.25) is 0 Å². The summed E-state index contributed by atoms with van der Waals surface area (Å²) in [5.41, 5.74) is 7.34. The number of rotatable bonds is 16. The summed E-state index contributed by atoms with van der Waals surface area (Å²) in [6.07, 6.45) is 14.2. The molecule has 0 aliphatic rings. The van der Waals surface area contributed by atoms with Crippen molar-refractivity contribution in [1.82, 2.24) is 0 Å². The first-order valence-electron chi connectivity index (χ1n) is 15.0. The summed E-state index contributed by atoms with van der Waals surface area (Å²) in [7, 11) is 0. The van der Waals surface area contributed by atoms with E-state index in [1.54, 1.807) is 24.3 Å². The molecule has 4 aromatic rings. The molecule has 4 aromatic carbocycles. The highest BCUT2D eigenvalue weighted by Gasteiger charge is 2.13. The lowest BCUT2D eigenvalue weighted by atomic mass is 9.86. The third-order valence-corrected chi connectivity index (χ3v) is 8.47. The van der Waals surface area contributed by atoms with Gasteiger partial charge in [-0.2, -0.15) is 0 Å². The molecule has 40 heavy (non-hydrogen) atoms. The van der Waals surface area contributed by atoms with E-state index < -0.39 is 0 Å². The Morgan fingerprint density at radius 1 is 0.450 bits per heavy atom. The zero-order valence-electron chi connectivity index (χ0n) is 23.6. The lowest BCUT2D eigenvalue weighted by Gasteiger charge is -2.18. The number of halogens is 1. The first-order chi connectivity index (χ1) is 19.6. The van der Waals surface area contributed by atoms with Crippen molar-refractivity contribution >= 4 is 15.9 Å². The predicted molar refractivity (Wildman–Crippen MR) is 173 cm³/mol. The molecule has 2 N–H and O–H groups in total. The number of phenols is 2. The van der Waals surface area contributed by atoms with Crippen LogP contribution in [0.4, 0.5) is 0 Å². The standard InChI is InChI=1S/C37H43BrO2/c38-27-9-7-5-3-1-2-4-6-8-10-35(28-29-11-23-36(39)24-12-29)34-19-17-31(18-20-34)30-13-15-32(16-14-30)33-21-25-37(40)26-22-33/h11-26,35,39-40H,1-10,27-28H2. The molecule has 1 unspecified atom stereocenters. The maximum atomic E-state index is 9.73. The van der Waals surface area contributed by atoms with E-state index in [1.807, 2.05) is 12.1 Å². The number of hydrogen-bond donors (Lipinski definition) is 2. The Balaban J connectivity index is 1.35. The lowest BCUT2D eigenvalue weighted by molar-refractivity contribution is 0.474. The summed E-state index contributed by atoms with van der Waals surface area (Å²) < 4.78 is 0. The zero-order valence-corrected chi connectivity index (χ0v) is 25.2. The number of aromatic hydroxyl groups is 2. The third-order valence-electron chi connectivity index (χ3n) is 7.91. The van der Waals surface area contributed by atoms with Crippen molar-refractivity contribution in [3.8, 4) is 33.8 Å². The molecule has 0 fully saturated rings. The van der Waals surface area contributed by atoms with Crippen LogP contribution in [0.3, 0.4) is 0 Å². The molecule has 3 heteroatoms. The molecule has 0 aliphatic carbocycles. The molecular weight excluding hydrogens is 556 g/mol. The molecule has 1 atom stereocenters. The van der Waals surface area contributed by atoms with Gasteiger partial charge in [0.1, 0.15) is 11.5 Å². The topological polar surface area (TPSA) is 40.5 Å². The fourth-order valence-corrected chi connectivity index (χ4v) is 5.88. The number of hydrogen-bond acceptors (Lipinski definition) is 2. The van der Waals surface area contributed by atoms with Crippen molar-refractivity contribution in [3.63, 3.8) is 0 Å². The Morgan fingerprint density at radius 2 is 0.825 bits per heavy atom. The number of benzene rings is 4. The van der Waals surface area contributed by atoms with E-state index in [0.29, 0.717) is 11.7 Å². The van der Waals surface area contributed by atoms with E-state index >= 15 is 0 Å². The molecular formula is C37H43BrO2. The molecule has 0 saturated heterocycles. The third kappa shape index (κ3) is 9.55. The Bertz CT molecular complexity index is 1250. The van der Waals surface area contributed by atoms with Gasteiger partial charge in [0, 0.05) is 5.33 Å². The smallest absolute Gasteiger partial charge is 0.115 e. The molecule has 0 heterocycles. The highest BCUT2D eigenvalue weighted by Crippen LogP contribution is 2.31. The van der Waals surface area contributed by atoms with Gasteiger partial charge in [-0.3, -0.25) is 0 Å². The predicted octanol–water partition coefficient (Wildman–Crippen LogP) is 11.1. The van der Waals surface area contributed by atoms with Gasteiger partial charge in [-0.15, -0.1) is 0 Å². The van der Waals surface area contributed by atoms with E-state index in [9.17, 15) is 10.2 Å². The maximum Gasteiger partial charge on any atom is 0.115 e. The van der Waals surface area contributed by atoms with Crippen LogP contribution in [-0.2, 0) is 6.42 Å². The highest BCUT2D eigenvalue weighted by molar-refractivity contribution is 9.09. The van der Waals surface area contributed by atoms with Crippen molar-refractivity contribution in [3.05, 3.63) is 108 Å². The minimum absolute atomic E-state index is 0.288. The van der Waals surface area contributed by atoms with Crippen molar-refractivity contribution in [2.45, 2.75) is 76.5 Å². The number of unbranched alkanes of at least 4 members (excludes halogenated alkanes) is 8. The maximum absolute atomic E-state index is 9.73. The van der Waals surface area contributed by atoms with Crippen molar-refractivity contribution in [2.24, 2.45) is 0 Å². The van der Waals surface area contributed by atoms with Gasteiger partial charge in [-0.25, -0.2) is 0 Å². The van der Waals surface area contributed by atoms with Crippen LogP contribution >= 0.6 is 15.9 Å². The van der Waals surface area contributed by atoms with Crippen LogP contribution in [0.2, 0.25) is 0 Å². The molecule has 0 radical (unpaired) electrons. The van der Waals surface area contributed by atoms with Crippen molar-refractivity contribution < 1.29 is 10.2 Å². The fourth-order valence-electron chi connectivity index (χ4n) is 5.48. The lowest BCUT2D eigenvalue weighted by Crippen LogP contribution is -2.04. The Hall–Kier alpha value is -3.04. The Morgan fingerprint density at radius 3 is 1.30 bits per heavy atom. The Labute approximate surface area is 249 Å². The van der Waals surface area contributed by atoms with E-state index in [1.165, 1.54) is 86.5 Å². The first kappa shape index (κ1) is 29.9. The summed E-state index contributed by atoms with van der Waals surface area (Å²) in [4.78, 5) is 0. The van der Waals surface area contributed by atoms with Gasteiger partial charge in [-0.1, -0.05) is 140 Å². The van der Waals surface area contributed by atoms with Crippen LogP contribution < -0.4 is 0 Å². The summed E-state index contributed by atoms with van der Waals surface area (Å²) in [5, 5.41) is 20.4. The second-order valence-electron chi connectivity index (χ2n) is 11.0. The minimum Gasteiger partial charge on any atom is -0.508 e. The van der Waals surface area contributed by atoms with Crippen LogP contribution in [0.5, 0.6) is 11.5 Å². The van der Waals surface area contributed by atoms with E-state index in [-0.39, 0.29) is 5.75 Å². The molecule has 210 valence electrons. The van der Waals surface area contributed by atoms with Crippen LogP contribution in [0, 0.1) is 0 Å². The summed E-state index contributed by atoms with van der Waals surface area (Å²) in [5.74, 6) is 1.09. The van der Waals surface area contributed by atoms with Crippen LogP contribution in [0.15, 0.2) is 97.1 Å². The van der Waals surface area contributed by atoms with Gasteiger partial charge in [0.15, 0.2) is 0 Å². The van der Waals surface area contributed by atoms with E-state index in [0.717, 1.165) is 22.9 Å². The number of phenolic OH excluding ortho intramolecular Hbond substituents is 2. The largest absolute Gasteiger partial charge is 0.508 e. The summed E-state index contributed by atoms with van der Waals surface area (Å²) in [6, 6.07) is 32.8. The second-order valence-corrected chi connectivity index (χ2v) is 11.8. The van der Waals surface area contributed by atoms with E-state index in [2.05, 4.69) is 76.6 Å². The average Bonchev–Trinajstić information content (AvgIpc) is 2.99. The van der Waals surface area contributed by atoms with Crippen LogP contribution in [-0.4, -0.2) is 15.5 Å². The van der Waals surface area contributed by atoms with Gasteiger partial charge < -0.3 is 10.2 Å². The SMILES string of the molecule is Oc1ccc(CC(CCCCCCCCCCCBr)c2ccc(-c3ccc(-c4ccc(O)cc4)cc3)cc2)cc1. The molecule has 0 spiro atoms. The van der Waals surface area contributed by atoms with Gasteiger partial charge in [-0.05, 0) is 82.8 Å². The molecule has 2 nitrogen and oxygen atoms in total. The summed E-state index contributed by atoms with van der Waals surface area (Å²) >= 11 is 3.52. The second kappa shape index (κ2) is 16.3. The Kier molecular flexibility index (Phi) is 12.2. The minimum atomic E-state index is 0.288. The van der Waals surface area contributed by atoms with Gasteiger partial charge >= 0.3 is 0 Å². The molecule has 0 aliphatic heterocycles. The van der Waals surface area contributed by atoms with Crippen molar-refractivity contribution in [1.29, 1.82) is 0 Å². The summed E-state index contributed by atoms with van der Waals surface area (Å²) in [6.45, 7) is 0.